The fourth-order valence-corrected chi connectivity index (χ4v) is 1.92. The second-order valence-corrected chi connectivity index (χ2v) is 4.36. The molecular formula is C11H13ClO3. The largest absolute Gasteiger partial charge is 0.461 e. The highest BCUT2D eigenvalue weighted by molar-refractivity contribution is 6.32. The van der Waals surface area contributed by atoms with Crippen LogP contribution < -0.4 is 4.74 Å². The third kappa shape index (κ3) is 1.95. The number of aliphatic hydroxyl groups is 1. The summed E-state index contributed by atoms with van der Waals surface area (Å²) in [6.45, 7) is 3.50. The van der Waals surface area contributed by atoms with E-state index in [1.54, 1.807) is 19.9 Å². The summed E-state index contributed by atoms with van der Waals surface area (Å²) in [5.74, 6) is -0.153. The molecule has 1 N–H and O–H groups in total. The van der Waals surface area contributed by atoms with Crippen molar-refractivity contribution in [2.45, 2.75) is 25.7 Å². The van der Waals surface area contributed by atoms with Gasteiger partial charge >= 0.3 is 0 Å². The zero-order valence-electron chi connectivity index (χ0n) is 8.66. The number of benzene rings is 1. The molecule has 1 atom stereocenters. The fraction of sp³-hybridized carbons (Fsp3) is 0.455. The molecular weight excluding hydrogens is 216 g/mol. The van der Waals surface area contributed by atoms with Gasteiger partial charge in [0.25, 0.3) is 0 Å². The predicted octanol–water partition coefficient (Wildman–Crippen LogP) is 2.52. The lowest BCUT2D eigenvalue weighted by atomic mass is 10.1. The standard InChI is InChI=1S/C11H13ClO3/c1-11(2)14-9(6-13)7-4-3-5-8(12)10(7)15-11/h3-5,9,13H,6H2,1-2H3/t9-/m1/s1. The van der Waals surface area contributed by atoms with Gasteiger partial charge in [0.2, 0.25) is 5.79 Å². The highest BCUT2D eigenvalue weighted by atomic mass is 35.5. The minimum absolute atomic E-state index is 0.0832. The summed E-state index contributed by atoms with van der Waals surface area (Å²) in [4.78, 5) is 0. The van der Waals surface area contributed by atoms with E-state index in [1.807, 2.05) is 12.1 Å². The minimum Gasteiger partial charge on any atom is -0.461 e. The van der Waals surface area contributed by atoms with Gasteiger partial charge in [-0.2, -0.15) is 0 Å². The first kappa shape index (κ1) is 10.7. The summed E-state index contributed by atoms with van der Waals surface area (Å²) in [6, 6.07) is 5.42. The molecule has 0 saturated carbocycles. The Morgan fingerprint density at radius 2 is 2.20 bits per heavy atom. The molecule has 1 aliphatic rings. The van der Waals surface area contributed by atoms with E-state index in [1.165, 1.54) is 0 Å². The Labute approximate surface area is 93.6 Å². The van der Waals surface area contributed by atoms with E-state index < -0.39 is 5.79 Å². The molecule has 1 aromatic rings. The normalized spacial score (nSPS) is 23.1. The van der Waals surface area contributed by atoms with Gasteiger partial charge in [0.05, 0.1) is 11.6 Å². The van der Waals surface area contributed by atoms with Crippen molar-refractivity contribution in [3.05, 3.63) is 28.8 Å². The van der Waals surface area contributed by atoms with Crippen molar-refractivity contribution in [3.63, 3.8) is 0 Å². The molecule has 0 fully saturated rings. The maximum atomic E-state index is 9.24. The molecule has 3 nitrogen and oxygen atoms in total. The SMILES string of the molecule is CC1(C)Oc2c(Cl)cccc2[C@@H](CO)O1. The van der Waals surface area contributed by atoms with E-state index in [-0.39, 0.29) is 12.7 Å². The molecule has 0 spiro atoms. The number of fused-ring (bicyclic) bond motifs is 1. The molecule has 0 bridgehead atoms. The van der Waals surface area contributed by atoms with Crippen LogP contribution in [0.2, 0.25) is 5.02 Å². The minimum atomic E-state index is -0.759. The second kappa shape index (κ2) is 3.67. The lowest BCUT2D eigenvalue weighted by molar-refractivity contribution is -0.214. The first-order chi connectivity index (χ1) is 7.03. The number of hydrogen-bond acceptors (Lipinski definition) is 3. The first-order valence-corrected chi connectivity index (χ1v) is 5.17. The molecule has 0 amide bonds. The van der Waals surface area contributed by atoms with Crippen molar-refractivity contribution in [1.82, 2.24) is 0 Å². The van der Waals surface area contributed by atoms with Gasteiger partial charge in [-0.15, -0.1) is 0 Å². The highest BCUT2D eigenvalue weighted by Gasteiger charge is 2.34. The van der Waals surface area contributed by atoms with Crippen LogP contribution in [-0.2, 0) is 4.74 Å². The number of para-hydroxylation sites is 1. The molecule has 0 aliphatic carbocycles. The number of hydrogen-bond donors (Lipinski definition) is 1. The topological polar surface area (TPSA) is 38.7 Å². The van der Waals surface area contributed by atoms with E-state index in [4.69, 9.17) is 21.1 Å². The number of ether oxygens (including phenoxy) is 2. The zero-order valence-corrected chi connectivity index (χ0v) is 9.41. The highest BCUT2D eigenvalue weighted by Crippen LogP contribution is 2.42. The smallest absolute Gasteiger partial charge is 0.205 e. The van der Waals surface area contributed by atoms with Gasteiger partial charge < -0.3 is 14.6 Å². The first-order valence-electron chi connectivity index (χ1n) is 4.79. The lowest BCUT2D eigenvalue weighted by Crippen LogP contribution is -2.38. The maximum Gasteiger partial charge on any atom is 0.205 e. The van der Waals surface area contributed by atoms with Gasteiger partial charge in [-0.25, -0.2) is 0 Å². The van der Waals surface area contributed by atoms with Crippen molar-refractivity contribution in [1.29, 1.82) is 0 Å². The third-order valence-corrected chi connectivity index (χ3v) is 2.58. The molecule has 1 heterocycles. The van der Waals surface area contributed by atoms with E-state index in [9.17, 15) is 5.11 Å². The molecule has 0 aromatic heterocycles. The van der Waals surface area contributed by atoms with Crippen molar-refractivity contribution in [2.24, 2.45) is 0 Å². The molecule has 0 unspecified atom stereocenters. The van der Waals surface area contributed by atoms with Crippen molar-refractivity contribution in [2.75, 3.05) is 6.61 Å². The van der Waals surface area contributed by atoms with Crippen molar-refractivity contribution < 1.29 is 14.6 Å². The molecule has 0 radical (unpaired) electrons. The molecule has 1 aromatic carbocycles. The van der Waals surface area contributed by atoms with Crippen LogP contribution in [0, 0.1) is 0 Å². The van der Waals surface area contributed by atoms with E-state index >= 15 is 0 Å². The summed E-state index contributed by atoms with van der Waals surface area (Å²) in [6.07, 6.45) is -0.373. The lowest BCUT2D eigenvalue weighted by Gasteiger charge is -2.37. The van der Waals surface area contributed by atoms with Crippen LogP contribution in [0.4, 0.5) is 0 Å². The summed E-state index contributed by atoms with van der Waals surface area (Å²) in [5.41, 5.74) is 0.796. The average molecular weight is 229 g/mol. The van der Waals surface area contributed by atoms with E-state index in [0.29, 0.717) is 10.8 Å². The number of rotatable bonds is 1. The molecule has 4 heteroatoms. The summed E-state index contributed by atoms with van der Waals surface area (Å²) < 4.78 is 11.2. The maximum absolute atomic E-state index is 9.24. The predicted molar refractivity (Wildman–Crippen MR) is 57.1 cm³/mol. The van der Waals surface area contributed by atoms with Crippen LogP contribution in [0.3, 0.4) is 0 Å². The second-order valence-electron chi connectivity index (χ2n) is 3.95. The Hall–Kier alpha value is -0.770. The quantitative estimate of drug-likeness (QED) is 0.803. The summed E-state index contributed by atoms with van der Waals surface area (Å²) in [5, 5.41) is 9.78. The molecule has 1 aliphatic heterocycles. The fourth-order valence-electron chi connectivity index (χ4n) is 1.70. The Bertz CT molecular complexity index is 376. The van der Waals surface area contributed by atoms with Crippen LogP contribution in [0.15, 0.2) is 18.2 Å². The Balaban J connectivity index is 2.49. The van der Waals surface area contributed by atoms with Gasteiger partial charge in [0.15, 0.2) is 0 Å². The molecule has 0 saturated heterocycles. The van der Waals surface area contributed by atoms with Gasteiger partial charge in [0.1, 0.15) is 11.9 Å². The average Bonchev–Trinajstić information content (AvgIpc) is 2.17. The molecule has 82 valence electrons. The number of halogens is 1. The number of aliphatic hydroxyl groups excluding tert-OH is 1. The van der Waals surface area contributed by atoms with Gasteiger partial charge in [0, 0.05) is 19.4 Å². The van der Waals surface area contributed by atoms with Crippen LogP contribution in [0.5, 0.6) is 5.75 Å². The monoisotopic (exact) mass is 228 g/mol. The van der Waals surface area contributed by atoms with Crippen molar-refractivity contribution >= 4 is 11.6 Å². The Morgan fingerprint density at radius 1 is 1.47 bits per heavy atom. The summed E-state index contributed by atoms with van der Waals surface area (Å²) in [7, 11) is 0. The zero-order chi connectivity index (χ0) is 11.1. The van der Waals surface area contributed by atoms with E-state index in [2.05, 4.69) is 0 Å². The van der Waals surface area contributed by atoms with Crippen molar-refractivity contribution in [3.8, 4) is 5.75 Å². The summed E-state index contributed by atoms with van der Waals surface area (Å²) >= 11 is 6.03. The Kier molecular flexibility index (Phi) is 2.63. The third-order valence-electron chi connectivity index (χ3n) is 2.28. The molecule has 15 heavy (non-hydrogen) atoms. The van der Waals surface area contributed by atoms with Gasteiger partial charge in [-0.3, -0.25) is 0 Å². The van der Waals surface area contributed by atoms with Crippen LogP contribution in [-0.4, -0.2) is 17.5 Å². The van der Waals surface area contributed by atoms with Gasteiger partial charge in [-0.1, -0.05) is 23.7 Å². The van der Waals surface area contributed by atoms with Gasteiger partial charge in [-0.05, 0) is 6.07 Å². The molecule has 2 rings (SSSR count). The van der Waals surface area contributed by atoms with E-state index in [0.717, 1.165) is 5.56 Å². The van der Waals surface area contributed by atoms with Crippen LogP contribution >= 0.6 is 11.6 Å². The Morgan fingerprint density at radius 3 is 2.87 bits per heavy atom. The van der Waals surface area contributed by atoms with Crippen LogP contribution in [0.1, 0.15) is 25.5 Å². The van der Waals surface area contributed by atoms with Crippen LogP contribution in [0.25, 0.3) is 0 Å².